The Hall–Kier alpha value is -2.42. The average Bonchev–Trinajstić information content (AvgIpc) is 3.23. The number of rotatable bonds is 7. The minimum absolute atomic E-state index is 0.464. The highest BCUT2D eigenvalue weighted by Gasteiger charge is 2.13. The largest absolute Gasteiger partial charge is 0.497 e. The summed E-state index contributed by atoms with van der Waals surface area (Å²) in [7, 11) is 1.65. The van der Waals surface area contributed by atoms with E-state index in [9.17, 15) is 0 Å². The van der Waals surface area contributed by atoms with Gasteiger partial charge in [0.25, 0.3) is 0 Å². The lowest BCUT2D eigenvalue weighted by atomic mass is 10.3. The molecule has 0 aliphatic heterocycles. The number of aromatic nitrogens is 7. The van der Waals surface area contributed by atoms with Crippen LogP contribution in [0, 0.1) is 0 Å². The maximum absolute atomic E-state index is 5.20. The van der Waals surface area contributed by atoms with Crippen LogP contribution in [0.15, 0.2) is 30.6 Å². The van der Waals surface area contributed by atoms with E-state index in [0.29, 0.717) is 6.54 Å². The topological polar surface area (TPSA) is 83.5 Å². The number of ether oxygens (including phenoxy) is 1. The second kappa shape index (κ2) is 7.23. The molecular formula is C14H17N7OS. The first-order chi connectivity index (χ1) is 11.3. The molecule has 3 aromatic rings. The molecule has 8 nitrogen and oxygen atoms in total. The summed E-state index contributed by atoms with van der Waals surface area (Å²) in [5.74, 6) is 3.40. The molecule has 0 saturated heterocycles. The number of tetrazole rings is 1. The van der Waals surface area contributed by atoms with E-state index in [4.69, 9.17) is 4.74 Å². The summed E-state index contributed by atoms with van der Waals surface area (Å²) in [6.45, 7) is 0.464. The van der Waals surface area contributed by atoms with Crippen LogP contribution in [0.1, 0.15) is 11.6 Å². The number of nitrogens with zero attached hydrogens (tertiary/aromatic N) is 7. The molecule has 9 heteroatoms. The zero-order valence-corrected chi connectivity index (χ0v) is 13.8. The third-order valence-electron chi connectivity index (χ3n) is 3.26. The highest BCUT2D eigenvalue weighted by molar-refractivity contribution is 7.98. The van der Waals surface area contributed by atoms with Crippen LogP contribution >= 0.6 is 11.8 Å². The number of methoxy groups -OCH3 is 1. The van der Waals surface area contributed by atoms with Gasteiger partial charge in [-0.2, -0.15) is 16.9 Å². The zero-order valence-electron chi connectivity index (χ0n) is 13.0. The fourth-order valence-corrected chi connectivity index (χ4v) is 2.51. The molecule has 0 bridgehead atoms. The van der Waals surface area contributed by atoms with Gasteiger partial charge in [-0.05, 0) is 40.9 Å². The molecule has 2 aromatic heterocycles. The average molecular weight is 331 g/mol. The molecule has 120 valence electrons. The standard InChI is InChI=1S/C14H17N7OS/c1-22-12-5-3-11(4-6-12)21-14(9-20-10-15-18-19-20)16-13(17-21)7-8-23-2/h3-6,10H,7-9H2,1-2H3. The van der Waals surface area contributed by atoms with Gasteiger partial charge in [0.2, 0.25) is 0 Å². The molecule has 1 aromatic carbocycles. The number of thioether (sulfide) groups is 1. The van der Waals surface area contributed by atoms with Gasteiger partial charge in [-0.1, -0.05) is 0 Å². The molecular weight excluding hydrogens is 314 g/mol. The van der Waals surface area contributed by atoms with Crippen LogP contribution in [0.25, 0.3) is 5.69 Å². The zero-order chi connectivity index (χ0) is 16.1. The molecule has 0 aliphatic carbocycles. The Labute approximate surface area is 137 Å². The van der Waals surface area contributed by atoms with E-state index in [1.54, 1.807) is 29.9 Å². The summed E-state index contributed by atoms with van der Waals surface area (Å²) in [4.78, 5) is 4.63. The number of aryl methyl sites for hydroxylation is 1. The second-order valence-corrected chi connectivity index (χ2v) is 5.79. The van der Waals surface area contributed by atoms with Crippen LogP contribution in [0.2, 0.25) is 0 Å². The van der Waals surface area contributed by atoms with Crippen LogP contribution in [0.4, 0.5) is 0 Å². The molecule has 0 radical (unpaired) electrons. The first-order valence-corrected chi connectivity index (χ1v) is 8.48. The van der Waals surface area contributed by atoms with E-state index >= 15 is 0 Å². The van der Waals surface area contributed by atoms with Crippen molar-refractivity contribution in [2.24, 2.45) is 0 Å². The minimum atomic E-state index is 0.464. The fourth-order valence-electron chi connectivity index (χ4n) is 2.12. The predicted molar refractivity (Wildman–Crippen MR) is 86.9 cm³/mol. The van der Waals surface area contributed by atoms with Gasteiger partial charge in [0.1, 0.15) is 18.6 Å². The van der Waals surface area contributed by atoms with Crippen molar-refractivity contribution in [2.45, 2.75) is 13.0 Å². The van der Waals surface area contributed by atoms with E-state index < -0.39 is 0 Å². The van der Waals surface area contributed by atoms with Crippen LogP contribution < -0.4 is 4.74 Å². The molecule has 0 fully saturated rings. The minimum Gasteiger partial charge on any atom is -0.497 e. The molecule has 0 aliphatic rings. The van der Waals surface area contributed by atoms with Crippen molar-refractivity contribution < 1.29 is 4.74 Å². The lowest BCUT2D eigenvalue weighted by Crippen LogP contribution is -2.09. The SMILES string of the molecule is COc1ccc(-n2nc(CCSC)nc2Cn2cnnn2)cc1. The van der Waals surface area contributed by atoms with Gasteiger partial charge in [-0.3, -0.25) is 0 Å². The Morgan fingerprint density at radius 1 is 1.22 bits per heavy atom. The van der Waals surface area contributed by atoms with Gasteiger partial charge < -0.3 is 4.74 Å². The third-order valence-corrected chi connectivity index (χ3v) is 3.87. The van der Waals surface area contributed by atoms with Crippen molar-refractivity contribution in [3.8, 4) is 11.4 Å². The Morgan fingerprint density at radius 3 is 2.70 bits per heavy atom. The van der Waals surface area contributed by atoms with Crippen LogP contribution in [0.5, 0.6) is 5.75 Å². The Balaban J connectivity index is 1.92. The number of hydrogen-bond acceptors (Lipinski definition) is 7. The van der Waals surface area contributed by atoms with Gasteiger partial charge in [-0.25, -0.2) is 14.3 Å². The van der Waals surface area contributed by atoms with Crippen LogP contribution in [0.3, 0.4) is 0 Å². The maximum Gasteiger partial charge on any atom is 0.154 e. The predicted octanol–water partition coefficient (Wildman–Crippen LogP) is 1.22. The van der Waals surface area contributed by atoms with Gasteiger partial charge in [0.15, 0.2) is 11.6 Å². The van der Waals surface area contributed by atoms with E-state index in [1.165, 1.54) is 0 Å². The molecule has 0 atom stereocenters. The number of benzene rings is 1. The molecule has 0 saturated carbocycles. The highest BCUT2D eigenvalue weighted by atomic mass is 32.2. The Morgan fingerprint density at radius 2 is 2.04 bits per heavy atom. The molecule has 2 heterocycles. The lowest BCUT2D eigenvalue weighted by Gasteiger charge is -2.06. The first-order valence-electron chi connectivity index (χ1n) is 7.09. The summed E-state index contributed by atoms with van der Waals surface area (Å²) in [5.41, 5.74) is 0.928. The normalized spacial score (nSPS) is 10.9. The molecule has 3 rings (SSSR count). The summed E-state index contributed by atoms with van der Waals surface area (Å²) >= 11 is 1.77. The molecule has 23 heavy (non-hydrogen) atoms. The van der Waals surface area contributed by atoms with E-state index in [1.807, 2.05) is 28.9 Å². The van der Waals surface area contributed by atoms with Gasteiger partial charge in [0.05, 0.1) is 12.8 Å². The monoisotopic (exact) mass is 331 g/mol. The summed E-state index contributed by atoms with van der Waals surface area (Å²) in [6.07, 6.45) is 4.46. The fraction of sp³-hybridized carbons (Fsp3) is 0.357. The van der Waals surface area contributed by atoms with Crippen molar-refractivity contribution in [2.75, 3.05) is 19.1 Å². The van der Waals surface area contributed by atoms with Crippen molar-refractivity contribution in [3.05, 3.63) is 42.2 Å². The first kappa shape index (κ1) is 15.5. The van der Waals surface area contributed by atoms with Gasteiger partial charge in [-0.15, -0.1) is 5.10 Å². The second-order valence-electron chi connectivity index (χ2n) is 4.80. The quantitative estimate of drug-likeness (QED) is 0.643. The molecule has 0 N–H and O–H groups in total. The number of hydrogen-bond donors (Lipinski definition) is 0. The van der Waals surface area contributed by atoms with E-state index in [-0.39, 0.29) is 0 Å². The van der Waals surface area contributed by atoms with Crippen molar-refractivity contribution in [1.82, 2.24) is 35.0 Å². The van der Waals surface area contributed by atoms with E-state index in [2.05, 4.69) is 31.9 Å². The maximum atomic E-state index is 5.20. The van der Waals surface area contributed by atoms with Crippen LogP contribution in [-0.2, 0) is 13.0 Å². The highest BCUT2D eigenvalue weighted by Crippen LogP contribution is 2.16. The smallest absolute Gasteiger partial charge is 0.154 e. The third kappa shape index (κ3) is 3.67. The van der Waals surface area contributed by atoms with Crippen molar-refractivity contribution >= 4 is 11.8 Å². The molecule has 0 amide bonds. The molecule has 0 unspecified atom stereocenters. The summed E-state index contributed by atoms with van der Waals surface area (Å²) in [5, 5.41) is 15.8. The van der Waals surface area contributed by atoms with Gasteiger partial charge >= 0.3 is 0 Å². The Kier molecular flexibility index (Phi) is 4.86. The van der Waals surface area contributed by atoms with Crippen LogP contribution in [-0.4, -0.2) is 54.1 Å². The molecule has 0 spiro atoms. The van der Waals surface area contributed by atoms with Crippen molar-refractivity contribution in [1.29, 1.82) is 0 Å². The summed E-state index contributed by atoms with van der Waals surface area (Å²) in [6, 6.07) is 7.71. The van der Waals surface area contributed by atoms with E-state index in [0.717, 1.165) is 35.3 Å². The van der Waals surface area contributed by atoms with Gasteiger partial charge in [0, 0.05) is 12.2 Å². The Bertz CT molecular complexity index is 739. The summed E-state index contributed by atoms with van der Waals surface area (Å²) < 4.78 is 8.66. The lowest BCUT2D eigenvalue weighted by molar-refractivity contribution is 0.414. The van der Waals surface area contributed by atoms with Crippen molar-refractivity contribution in [3.63, 3.8) is 0 Å².